The van der Waals surface area contributed by atoms with Crippen molar-refractivity contribution in [3.05, 3.63) is 0 Å². The minimum Gasteiger partial charge on any atom is -0.465 e. The molecule has 0 bridgehead atoms. The van der Waals surface area contributed by atoms with E-state index in [1.807, 2.05) is 6.92 Å². The van der Waals surface area contributed by atoms with Gasteiger partial charge < -0.3 is 4.74 Å². The van der Waals surface area contributed by atoms with Crippen LogP contribution < -0.4 is 0 Å². The summed E-state index contributed by atoms with van der Waals surface area (Å²) in [5.74, 6) is 0.841. The van der Waals surface area contributed by atoms with Gasteiger partial charge in [-0.2, -0.15) is 0 Å². The number of Topliss-reactive ketones (excluding diaryl/α,β-unsaturated/α-hetero) is 1. The van der Waals surface area contributed by atoms with Crippen LogP contribution in [0, 0.1) is 17.8 Å². The Bertz CT molecular complexity index is 395. The Morgan fingerprint density at radius 3 is 3.06 bits per heavy atom. The monoisotopic (exact) mass is 251 g/mol. The van der Waals surface area contributed by atoms with Gasteiger partial charge in [0, 0.05) is 24.8 Å². The zero-order valence-corrected chi connectivity index (χ0v) is 11.1. The van der Waals surface area contributed by atoms with Gasteiger partial charge in [-0.15, -0.1) is 0 Å². The molecule has 4 heteroatoms. The summed E-state index contributed by atoms with van der Waals surface area (Å²) in [6.07, 6.45) is 2.55. The van der Waals surface area contributed by atoms with Crippen LogP contribution in [-0.4, -0.2) is 41.9 Å². The van der Waals surface area contributed by atoms with Crippen molar-refractivity contribution in [2.45, 2.75) is 38.6 Å². The predicted octanol–water partition coefficient (Wildman–Crippen LogP) is 1.24. The second-order valence-electron chi connectivity index (χ2n) is 5.97. The lowest BCUT2D eigenvalue weighted by molar-refractivity contribution is -0.157. The van der Waals surface area contributed by atoms with E-state index >= 15 is 0 Å². The van der Waals surface area contributed by atoms with E-state index in [9.17, 15) is 9.59 Å². The van der Waals surface area contributed by atoms with Crippen molar-refractivity contribution >= 4 is 11.8 Å². The maximum absolute atomic E-state index is 12.5. The van der Waals surface area contributed by atoms with Crippen LogP contribution in [0.2, 0.25) is 0 Å². The van der Waals surface area contributed by atoms with Gasteiger partial charge in [-0.1, -0.05) is 6.92 Å². The molecule has 2 saturated heterocycles. The van der Waals surface area contributed by atoms with Crippen molar-refractivity contribution in [2.24, 2.45) is 17.8 Å². The summed E-state index contributed by atoms with van der Waals surface area (Å²) < 4.78 is 5.33. The number of ether oxygens (including phenoxy) is 1. The molecule has 0 N–H and O–H groups in total. The molecule has 18 heavy (non-hydrogen) atoms. The van der Waals surface area contributed by atoms with Gasteiger partial charge in [0.05, 0.1) is 6.61 Å². The minimum atomic E-state index is -0.480. The molecule has 3 aliphatic rings. The van der Waals surface area contributed by atoms with Crippen molar-refractivity contribution in [1.29, 1.82) is 0 Å². The first kappa shape index (κ1) is 12.2. The number of esters is 1. The number of fused-ring (bicyclic) bond motifs is 3. The summed E-state index contributed by atoms with van der Waals surface area (Å²) in [4.78, 5) is 26.7. The highest BCUT2D eigenvalue weighted by atomic mass is 16.5. The fraction of sp³-hybridized carbons (Fsp3) is 0.857. The van der Waals surface area contributed by atoms with Gasteiger partial charge in [0.1, 0.15) is 11.3 Å². The third kappa shape index (κ3) is 1.35. The SMILES string of the molecule is CCOC(=O)[C@@]12CCCN1C[C@@H]1C(=O)C[C@H](C)[C@@H]12. The predicted molar refractivity (Wildman–Crippen MR) is 65.9 cm³/mol. The first-order valence-corrected chi connectivity index (χ1v) is 7.06. The molecule has 2 heterocycles. The van der Waals surface area contributed by atoms with E-state index in [4.69, 9.17) is 4.74 Å². The van der Waals surface area contributed by atoms with Crippen LogP contribution in [0.3, 0.4) is 0 Å². The van der Waals surface area contributed by atoms with E-state index in [0.29, 0.717) is 24.7 Å². The molecule has 0 spiro atoms. The molecule has 1 saturated carbocycles. The second-order valence-corrected chi connectivity index (χ2v) is 5.97. The zero-order valence-electron chi connectivity index (χ0n) is 11.1. The number of hydrogen-bond acceptors (Lipinski definition) is 4. The van der Waals surface area contributed by atoms with E-state index < -0.39 is 5.54 Å². The zero-order chi connectivity index (χ0) is 12.9. The van der Waals surface area contributed by atoms with Gasteiger partial charge in [-0.25, -0.2) is 0 Å². The summed E-state index contributed by atoms with van der Waals surface area (Å²) in [5.41, 5.74) is -0.480. The van der Waals surface area contributed by atoms with E-state index in [-0.39, 0.29) is 17.8 Å². The molecule has 2 aliphatic heterocycles. The van der Waals surface area contributed by atoms with Gasteiger partial charge in [0.25, 0.3) is 0 Å². The summed E-state index contributed by atoms with van der Waals surface area (Å²) in [6, 6.07) is 0. The molecule has 0 amide bonds. The van der Waals surface area contributed by atoms with Crippen LogP contribution in [0.15, 0.2) is 0 Å². The first-order valence-electron chi connectivity index (χ1n) is 7.06. The molecular formula is C14H21NO3. The topological polar surface area (TPSA) is 46.6 Å². The molecule has 0 unspecified atom stereocenters. The fourth-order valence-electron chi connectivity index (χ4n) is 4.60. The number of ketones is 1. The minimum absolute atomic E-state index is 0.0738. The van der Waals surface area contributed by atoms with Crippen LogP contribution >= 0.6 is 0 Å². The Hall–Kier alpha value is -0.900. The van der Waals surface area contributed by atoms with Gasteiger partial charge in [-0.05, 0) is 32.2 Å². The normalized spacial score (nSPS) is 43.0. The summed E-state index contributed by atoms with van der Waals surface area (Å²) in [5, 5.41) is 0. The molecule has 1 aliphatic carbocycles. The van der Waals surface area contributed by atoms with Crippen LogP contribution in [0.1, 0.15) is 33.1 Å². The molecule has 0 aromatic rings. The fourth-order valence-corrected chi connectivity index (χ4v) is 4.60. The molecule has 4 nitrogen and oxygen atoms in total. The number of carbonyl (C=O) groups is 2. The highest BCUT2D eigenvalue weighted by Gasteiger charge is 2.66. The smallest absolute Gasteiger partial charge is 0.326 e. The van der Waals surface area contributed by atoms with Gasteiger partial charge in [-0.3, -0.25) is 14.5 Å². The Balaban J connectivity index is 1.98. The Labute approximate surface area is 108 Å². The van der Waals surface area contributed by atoms with Gasteiger partial charge in [0.2, 0.25) is 0 Å². The number of hydrogen-bond donors (Lipinski definition) is 0. The maximum Gasteiger partial charge on any atom is 0.326 e. The Morgan fingerprint density at radius 1 is 1.56 bits per heavy atom. The molecule has 0 aromatic heterocycles. The van der Waals surface area contributed by atoms with Crippen molar-refractivity contribution in [3.8, 4) is 0 Å². The highest BCUT2D eigenvalue weighted by Crippen LogP contribution is 2.54. The van der Waals surface area contributed by atoms with Crippen LogP contribution in [0.5, 0.6) is 0 Å². The molecule has 100 valence electrons. The van der Waals surface area contributed by atoms with Crippen LogP contribution in [-0.2, 0) is 14.3 Å². The van der Waals surface area contributed by atoms with E-state index in [1.54, 1.807) is 0 Å². The lowest BCUT2D eigenvalue weighted by atomic mass is 9.75. The number of nitrogens with zero attached hydrogens (tertiary/aromatic N) is 1. The first-order chi connectivity index (χ1) is 8.61. The number of carbonyl (C=O) groups excluding carboxylic acids is 2. The third-order valence-electron chi connectivity index (χ3n) is 5.13. The third-order valence-corrected chi connectivity index (χ3v) is 5.13. The lowest BCUT2D eigenvalue weighted by Crippen LogP contribution is -2.52. The van der Waals surface area contributed by atoms with Crippen molar-refractivity contribution in [2.75, 3.05) is 19.7 Å². The molecule has 0 radical (unpaired) electrons. The lowest BCUT2D eigenvalue weighted by Gasteiger charge is -2.36. The standard InChI is InChI=1S/C14H21NO3/c1-3-18-13(17)14-5-4-6-15(14)8-10-11(16)7-9(2)12(10)14/h9-10,12H,3-8H2,1-2H3/t9-,10+,12-,14-/m0/s1. The van der Waals surface area contributed by atoms with E-state index in [0.717, 1.165) is 25.9 Å². The Morgan fingerprint density at radius 2 is 2.33 bits per heavy atom. The Kier molecular flexibility index (Phi) is 2.73. The quantitative estimate of drug-likeness (QED) is 0.693. The molecule has 3 rings (SSSR count). The average molecular weight is 251 g/mol. The van der Waals surface area contributed by atoms with E-state index in [1.165, 1.54) is 0 Å². The molecular weight excluding hydrogens is 230 g/mol. The van der Waals surface area contributed by atoms with Crippen molar-refractivity contribution < 1.29 is 14.3 Å². The molecule has 4 atom stereocenters. The number of rotatable bonds is 2. The summed E-state index contributed by atoms with van der Waals surface area (Å²) in [7, 11) is 0. The van der Waals surface area contributed by atoms with Crippen LogP contribution in [0.25, 0.3) is 0 Å². The van der Waals surface area contributed by atoms with Crippen molar-refractivity contribution in [3.63, 3.8) is 0 Å². The molecule has 0 aromatic carbocycles. The summed E-state index contributed by atoms with van der Waals surface area (Å²) in [6.45, 7) is 6.10. The summed E-state index contributed by atoms with van der Waals surface area (Å²) >= 11 is 0. The maximum atomic E-state index is 12.5. The van der Waals surface area contributed by atoms with Crippen LogP contribution in [0.4, 0.5) is 0 Å². The largest absolute Gasteiger partial charge is 0.465 e. The average Bonchev–Trinajstić information content (AvgIpc) is 2.90. The second kappa shape index (κ2) is 4.05. The van der Waals surface area contributed by atoms with Gasteiger partial charge >= 0.3 is 5.97 Å². The molecule has 3 fully saturated rings. The van der Waals surface area contributed by atoms with Gasteiger partial charge in [0.15, 0.2) is 0 Å². The van der Waals surface area contributed by atoms with E-state index in [2.05, 4.69) is 11.8 Å². The highest BCUT2D eigenvalue weighted by molar-refractivity contribution is 5.90. The van der Waals surface area contributed by atoms with Crippen molar-refractivity contribution in [1.82, 2.24) is 4.90 Å².